The summed E-state index contributed by atoms with van der Waals surface area (Å²) in [6, 6.07) is 11.6. The topological polar surface area (TPSA) is 71.7 Å². The molecule has 0 bridgehead atoms. The maximum Gasteiger partial charge on any atom is 0.326 e. The zero-order valence-electron chi connectivity index (χ0n) is 12.6. The van der Waals surface area contributed by atoms with Gasteiger partial charge in [-0.15, -0.1) is 0 Å². The minimum atomic E-state index is -1.03. The molecule has 1 aromatic heterocycles. The first-order valence-corrected chi connectivity index (χ1v) is 7.96. The third-order valence-electron chi connectivity index (χ3n) is 3.55. The van der Waals surface area contributed by atoms with Crippen molar-refractivity contribution in [1.29, 1.82) is 0 Å². The van der Waals surface area contributed by atoms with Gasteiger partial charge >= 0.3 is 5.97 Å². The Bertz CT molecular complexity index is 1010. The summed E-state index contributed by atoms with van der Waals surface area (Å²) >= 11 is 1.22. The average Bonchev–Trinajstić information content (AvgIpc) is 2.91. The van der Waals surface area contributed by atoms with Crippen molar-refractivity contribution in [3.8, 4) is 0 Å². The van der Waals surface area contributed by atoms with Gasteiger partial charge in [0.05, 0.1) is 10.2 Å². The van der Waals surface area contributed by atoms with Crippen molar-refractivity contribution in [2.45, 2.75) is 13.0 Å². The first kappa shape index (κ1) is 16.1. The zero-order valence-corrected chi connectivity index (χ0v) is 13.5. The van der Waals surface area contributed by atoms with E-state index in [1.54, 1.807) is 12.1 Å². The second-order valence-electron chi connectivity index (χ2n) is 5.16. The number of benzene rings is 2. The van der Waals surface area contributed by atoms with Crippen molar-refractivity contribution in [2.75, 3.05) is 0 Å². The largest absolute Gasteiger partial charge is 0.480 e. The Hall–Kier alpha value is -2.80. The maximum atomic E-state index is 13.3. The quantitative estimate of drug-likeness (QED) is 0.793. The van der Waals surface area contributed by atoms with Gasteiger partial charge in [-0.1, -0.05) is 29.5 Å². The molecule has 2 aromatic carbocycles. The van der Waals surface area contributed by atoms with Crippen LogP contribution < -0.4 is 4.80 Å². The van der Waals surface area contributed by atoms with Crippen LogP contribution in [0.15, 0.2) is 53.5 Å². The monoisotopic (exact) mass is 344 g/mol. The fraction of sp³-hybridized carbons (Fsp3) is 0.118. The van der Waals surface area contributed by atoms with Gasteiger partial charge in [-0.3, -0.25) is 4.79 Å². The number of aromatic nitrogens is 1. The second-order valence-corrected chi connectivity index (χ2v) is 6.17. The van der Waals surface area contributed by atoms with E-state index in [4.69, 9.17) is 0 Å². The molecule has 0 aliphatic heterocycles. The number of carbonyl (C=O) groups is 2. The molecular weight excluding hydrogens is 331 g/mol. The number of para-hydroxylation sites is 1. The first-order chi connectivity index (χ1) is 11.5. The van der Waals surface area contributed by atoms with Crippen molar-refractivity contribution < 1.29 is 19.1 Å². The molecule has 1 atom stereocenters. The first-order valence-electron chi connectivity index (χ1n) is 7.15. The molecule has 0 saturated heterocycles. The van der Waals surface area contributed by atoms with Crippen LogP contribution >= 0.6 is 11.3 Å². The molecule has 1 heterocycles. The number of carboxylic acid groups (broad SMARTS) is 1. The van der Waals surface area contributed by atoms with E-state index in [1.165, 1.54) is 41.0 Å². The standard InChI is InChI=1S/C17H13FN2O3S/c1-10(16(22)23)20-13-7-2-3-8-14(13)24-17(20)19-15(21)11-5-4-6-12(18)9-11/h2-10H,1H3,(H,22,23). The number of rotatable bonds is 3. The molecule has 24 heavy (non-hydrogen) atoms. The van der Waals surface area contributed by atoms with Gasteiger partial charge in [0.15, 0.2) is 4.80 Å². The minimum absolute atomic E-state index is 0.113. The molecule has 0 aliphatic rings. The number of nitrogens with zero attached hydrogens (tertiary/aromatic N) is 2. The Morgan fingerprint density at radius 2 is 1.96 bits per heavy atom. The molecular formula is C17H13FN2O3S. The summed E-state index contributed by atoms with van der Waals surface area (Å²) in [7, 11) is 0. The van der Waals surface area contributed by atoms with Crippen molar-refractivity contribution >= 4 is 33.4 Å². The minimum Gasteiger partial charge on any atom is -0.480 e. The van der Waals surface area contributed by atoms with Crippen LogP contribution in [0.3, 0.4) is 0 Å². The molecule has 122 valence electrons. The maximum absolute atomic E-state index is 13.3. The van der Waals surface area contributed by atoms with Gasteiger partial charge in [-0.2, -0.15) is 4.99 Å². The van der Waals surface area contributed by atoms with E-state index in [0.29, 0.717) is 5.52 Å². The molecule has 1 amide bonds. The highest BCUT2D eigenvalue weighted by molar-refractivity contribution is 7.16. The summed E-state index contributed by atoms with van der Waals surface area (Å²) in [5, 5.41) is 9.33. The number of carboxylic acids is 1. The Morgan fingerprint density at radius 3 is 2.67 bits per heavy atom. The lowest BCUT2D eigenvalue weighted by atomic mass is 10.2. The summed E-state index contributed by atoms with van der Waals surface area (Å²) < 4.78 is 15.6. The number of hydrogen-bond acceptors (Lipinski definition) is 3. The van der Waals surface area contributed by atoms with E-state index >= 15 is 0 Å². The summed E-state index contributed by atoms with van der Waals surface area (Å²) in [6.07, 6.45) is 0. The van der Waals surface area contributed by atoms with Crippen LogP contribution in [0.5, 0.6) is 0 Å². The van der Waals surface area contributed by atoms with E-state index in [9.17, 15) is 19.1 Å². The number of aliphatic carboxylic acids is 1. The fourth-order valence-corrected chi connectivity index (χ4v) is 3.43. The molecule has 1 unspecified atom stereocenters. The van der Waals surface area contributed by atoms with Gasteiger partial charge in [0.2, 0.25) is 0 Å². The van der Waals surface area contributed by atoms with Crippen LogP contribution in [0.4, 0.5) is 4.39 Å². The summed E-state index contributed by atoms with van der Waals surface area (Å²) in [5.41, 5.74) is 0.796. The van der Waals surface area contributed by atoms with E-state index in [-0.39, 0.29) is 10.4 Å². The molecule has 0 fully saturated rings. The van der Waals surface area contributed by atoms with Crippen LogP contribution in [0, 0.1) is 5.82 Å². The predicted octanol–water partition coefficient (Wildman–Crippen LogP) is 3.23. The number of thiazole rings is 1. The summed E-state index contributed by atoms with van der Waals surface area (Å²) in [6.45, 7) is 1.52. The highest BCUT2D eigenvalue weighted by Gasteiger charge is 2.19. The SMILES string of the molecule is CC(C(=O)O)n1c(=NC(=O)c2cccc(F)c2)sc2ccccc21. The van der Waals surface area contributed by atoms with E-state index in [0.717, 1.165) is 10.8 Å². The van der Waals surface area contributed by atoms with E-state index < -0.39 is 23.7 Å². The summed E-state index contributed by atoms with van der Waals surface area (Å²) in [4.78, 5) is 28.0. The Labute approximate surface area is 140 Å². The van der Waals surface area contributed by atoms with Crippen molar-refractivity contribution in [1.82, 2.24) is 4.57 Å². The highest BCUT2D eigenvalue weighted by Crippen LogP contribution is 2.20. The van der Waals surface area contributed by atoms with Crippen LogP contribution in [0.2, 0.25) is 0 Å². The molecule has 1 N–H and O–H groups in total. The van der Waals surface area contributed by atoms with Gasteiger partial charge in [0.25, 0.3) is 5.91 Å². The van der Waals surface area contributed by atoms with Crippen LogP contribution in [0.1, 0.15) is 23.3 Å². The lowest BCUT2D eigenvalue weighted by Gasteiger charge is -2.09. The normalized spacial score (nSPS) is 13.2. The van der Waals surface area contributed by atoms with Crippen molar-refractivity contribution in [3.63, 3.8) is 0 Å². The molecule has 3 rings (SSSR count). The number of fused-ring (bicyclic) bond motifs is 1. The van der Waals surface area contributed by atoms with Crippen molar-refractivity contribution in [2.24, 2.45) is 4.99 Å². The number of hydrogen-bond donors (Lipinski definition) is 1. The Kier molecular flexibility index (Phi) is 4.26. The zero-order chi connectivity index (χ0) is 17.3. The Balaban J connectivity index is 2.19. The van der Waals surface area contributed by atoms with Gasteiger partial charge in [0.1, 0.15) is 11.9 Å². The molecule has 0 saturated carbocycles. The molecule has 7 heteroatoms. The molecule has 0 aliphatic carbocycles. The van der Waals surface area contributed by atoms with Crippen LogP contribution in [0.25, 0.3) is 10.2 Å². The second kappa shape index (κ2) is 6.37. The highest BCUT2D eigenvalue weighted by atomic mass is 32.1. The number of amides is 1. The lowest BCUT2D eigenvalue weighted by molar-refractivity contribution is -0.140. The van der Waals surface area contributed by atoms with E-state index in [1.807, 2.05) is 12.1 Å². The van der Waals surface area contributed by atoms with Crippen LogP contribution in [-0.2, 0) is 4.79 Å². The molecule has 3 aromatic rings. The van der Waals surface area contributed by atoms with Gasteiger partial charge < -0.3 is 9.67 Å². The van der Waals surface area contributed by atoms with Gasteiger partial charge in [-0.25, -0.2) is 9.18 Å². The predicted molar refractivity (Wildman–Crippen MR) is 88.5 cm³/mol. The molecule has 0 radical (unpaired) electrons. The third-order valence-corrected chi connectivity index (χ3v) is 4.58. The molecule has 5 nitrogen and oxygen atoms in total. The average molecular weight is 344 g/mol. The van der Waals surface area contributed by atoms with Crippen LogP contribution in [-0.4, -0.2) is 21.6 Å². The van der Waals surface area contributed by atoms with Gasteiger partial charge in [0, 0.05) is 5.56 Å². The third kappa shape index (κ3) is 2.98. The fourth-order valence-electron chi connectivity index (χ4n) is 2.33. The molecule has 0 spiro atoms. The van der Waals surface area contributed by atoms with E-state index in [2.05, 4.69) is 4.99 Å². The summed E-state index contributed by atoms with van der Waals surface area (Å²) in [5.74, 6) is -2.18. The Morgan fingerprint density at radius 1 is 1.21 bits per heavy atom. The smallest absolute Gasteiger partial charge is 0.326 e. The number of halogens is 1. The number of carbonyl (C=O) groups excluding carboxylic acids is 1. The lowest BCUT2D eigenvalue weighted by Crippen LogP contribution is -2.25. The van der Waals surface area contributed by atoms with Gasteiger partial charge in [-0.05, 0) is 37.3 Å². The van der Waals surface area contributed by atoms with Crippen molar-refractivity contribution in [3.05, 3.63) is 64.7 Å².